The van der Waals surface area contributed by atoms with E-state index in [0.717, 1.165) is 16.7 Å². The normalized spacial score (nSPS) is 10.4. The number of amides is 3. The van der Waals surface area contributed by atoms with Gasteiger partial charge in [0.2, 0.25) is 5.82 Å². The van der Waals surface area contributed by atoms with Crippen molar-refractivity contribution in [2.75, 3.05) is 10.6 Å². The van der Waals surface area contributed by atoms with Gasteiger partial charge in [0.05, 0.1) is 0 Å². The first-order valence-corrected chi connectivity index (χ1v) is 10.4. The summed E-state index contributed by atoms with van der Waals surface area (Å²) < 4.78 is 1.69. The number of carbonyl (C=O) groups is 2. The summed E-state index contributed by atoms with van der Waals surface area (Å²) in [7, 11) is 0. The van der Waals surface area contributed by atoms with Gasteiger partial charge in [-0.1, -0.05) is 29.3 Å². The lowest BCUT2D eigenvalue weighted by Crippen LogP contribution is -2.26. The number of benzene rings is 1. The van der Waals surface area contributed by atoms with Crippen molar-refractivity contribution in [1.82, 2.24) is 19.9 Å². The molecule has 166 valence electrons. The Morgan fingerprint density at radius 1 is 1.19 bits per heavy atom. The summed E-state index contributed by atoms with van der Waals surface area (Å²) in [5.74, 6) is 0.116. The van der Waals surface area contributed by atoms with Crippen molar-refractivity contribution in [3.05, 3.63) is 82.5 Å². The molecule has 0 bridgehead atoms. The van der Waals surface area contributed by atoms with E-state index in [2.05, 4.69) is 25.9 Å². The standard InChI is InChI=1S/C23H25ClN6O2/c1-15(2)8-10-30-14-20(29-23(32)27-19-7-6-18(24)11-16(19)3)28-21(30)22(31)26-13-17-5-4-9-25-12-17/h4-9,11-12,14H,10,13H2,1-3H3,(H,26,31)(H2,27,29,32). The highest BCUT2D eigenvalue weighted by molar-refractivity contribution is 6.30. The SMILES string of the molecule is CC(C)=CCn1cc(NC(=O)Nc2ccc(Cl)cc2C)nc1C(=O)NCc1cccnc1. The van der Waals surface area contributed by atoms with Crippen LogP contribution in [0.5, 0.6) is 0 Å². The maximum Gasteiger partial charge on any atom is 0.324 e. The van der Waals surface area contributed by atoms with Crippen LogP contribution in [0.1, 0.15) is 35.6 Å². The number of rotatable bonds is 7. The minimum atomic E-state index is -0.468. The molecule has 0 aliphatic heterocycles. The van der Waals surface area contributed by atoms with E-state index < -0.39 is 6.03 Å². The molecule has 2 heterocycles. The van der Waals surface area contributed by atoms with Crippen molar-refractivity contribution in [3.63, 3.8) is 0 Å². The van der Waals surface area contributed by atoms with Crippen molar-refractivity contribution in [2.45, 2.75) is 33.9 Å². The Bertz CT molecular complexity index is 1140. The fourth-order valence-electron chi connectivity index (χ4n) is 2.88. The Hall–Kier alpha value is -3.65. The first kappa shape index (κ1) is 23.0. The summed E-state index contributed by atoms with van der Waals surface area (Å²) in [6.07, 6.45) is 6.96. The Morgan fingerprint density at radius 2 is 2.00 bits per heavy atom. The van der Waals surface area contributed by atoms with Gasteiger partial charge in [-0.05, 0) is 56.2 Å². The van der Waals surface area contributed by atoms with Crippen LogP contribution in [0, 0.1) is 6.92 Å². The highest BCUT2D eigenvalue weighted by atomic mass is 35.5. The van der Waals surface area contributed by atoms with Crippen LogP contribution in [-0.4, -0.2) is 26.5 Å². The number of halogens is 1. The van der Waals surface area contributed by atoms with Gasteiger partial charge in [-0.25, -0.2) is 9.78 Å². The van der Waals surface area contributed by atoms with Gasteiger partial charge in [0.1, 0.15) is 0 Å². The van der Waals surface area contributed by atoms with Crippen LogP contribution in [0.25, 0.3) is 0 Å². The molecule has 3 rings (SSSR count). The molecule has 1 aromatic carbocycles. The van der Waals surface area contributed by atoms with Crippen LogP contribution in [0.4, 0.5) is 16.3 Å². The highest BCUT2D eigenvalue weighted by Crippen LogP contribution is 2.20. The van der Waals surface area contributed by atoms with Crippen LogP contribution in [0.15, 0.2) is 60.6 Å². The molecule has 8 nitrogen and oxygen atoms in total. The first-order chi connectivity index (χ1) is 15.3. The van der Waals surface area contributed by atoms with Crippen LogP contribution in [-0.2, 0) is 13.1 Å². The highest BCUT2D eigenvalue weighted by Gasteiger charge is 2.17. The summed E-state index contributed by atoms with van der Waals surface area (Å²) >= 11 is 5.96. The van der Waals surface area contributed by atoms with Crippen molar-refractivity contribution in [2.24, 2.45) is 0 Å². The largest absolute Gasteiger partial charge is 0.345 e. The second-order valence-corrected chi connectivity index (χ2v) is 7.90. The average Bonchev–Trinajstić information content (AvgIpc) is 3.16. The molecule has 0 radical (unpaired) electrons. The van der Waals surface area contributed by atoms with Gasteiger partial charge in [0, 0.05) is 42.4 Å². The van der Waals surface area contributed by atoms with Gasteiger partial charge >= 0.3 is 6.03 Å². The van der Waals surface area contributed by atoms with Gasteiger partial charge in [0.25, 0.3) is 5.91 Å². The number of hydrogen-bond acceptors (Lipinski definition) is 4. The Balaban J connectivity index is 1.73. The molecule has 0 atom stereocenters. The molecule has 0 saturated heterocycles. The first-order valence-electron chi connectivity index (χ1n) is 10.0. The predicted octanol–water partition coefficient (Wildman–Crippen LogP) is 4.78. The number of aryl methyl sites for hydroxylation is 1. The number of aromatic nitrogens is 3. The summed E-state index contributed by atoms with van der Waals surface area (Å²) in [4.78, 5) is 33.6. The third kappa shape index (κ3) is 6.42. The number of pyridine rings is 1. The Labute approximate surface area is 191 Å². The van der Waals surface area contributed by atoms with E-state index in [1.807, 2.05) is 32.9 Å². The molecule has 0 fully saturated rings. The fraction of sp³-hybridized carbons (Fsp3) is 0.217. The fourth-order valence-corrected chi connectivity index (χ4v) is 3.11. The zero-order chi connectivity index (χ0) is 23.1. The number of nitrogens with zero attached hydrogens (tertiary/aromatic N) is 3. The number of imidazole rings is 1. The molecule has 3 aromatic rings. The van der Waals surface area contributed by atoms with E-state index >= 15 is 0 Å². The smallest absolute Gasteiger partial charge is 0.324 e. The van der Waals surface area contributed by atoms with E-state index in [4.69, 9.17) is 11.6 Å². The van der Waals surface area contributed by atoms with Crippen molar-refractivity contribution in [1.29, 1.82) is 0 Å². The number of carbonyl (C=O) groups excluding carboxylic acids is 2. The molecule has 0 saturated carbocycles. The molecule has 2 aromatic heterocycles. The molecular formula is C23H25ClN6O2. The van der Waals surface area contributed by atoms with Crippen LogP contribution in [0.3, 0.4) is 0 Å². The lowest BCUT2D eigenvalue weighted by Gasteiger charge is -2.08. The predicted molar refractivity (Wildman–Crippen MR) is 126 cm³/mol. The van der Waals surface area contributed by atoms with Gasteiger partial charge < -0.3 is 15.2 Å². The third-order valence-electron chi connectivity index (χ3n) is 4.53. The molecule has 0 spiro atoms. The lowest BCUT2D eigenvalue weighted by molar-refractivity contribution is 0.0936. The maximum absolute atomic E-state index is 12.8. The van der Waals surface area contributed by atoms with Gasteiger partial charge in [-0.3, -0.25) is 15.1 Å². The van der Waals surface area contributed by atoms with E-state index in [1.54, 1.807) is 47.4 Å². The van der Waals surface area contributed by atoms with E-state index in [1.165, 1.54) is 0 Å². The summed E-state index contributed by atoms with van der Waals surface area (Å²) in [5, 5.41) is 8.88. The van der Waals surface area contributed by atoms with Gasteiger partial charge in [0.15, 0.2) is 5.82 Å². The van der Waals surface area contributed by atoms with Crippen molar-refractivity contribution in [3.8, 4) is 0 Å². The average molecular weight is 453 g/mol. The number of nitrogens with one attached hydrogen (secondary N) is 3. The van der Waals surface area contributed by atoms with Crippen molar-refractivity contribution >= 4 is 35.0 Å². The Kier molecular flexibility index (Phi) is 7.62. The van der Waals surface area contributed by atoms with Gasteiger partial charge in [-0.2, -0.15) is 0 Å². The zero-order valence-corrected chi connectivity index (χ0v) is 18.9. The van der Waals surface area contributed by atoms with Crippen molar-refractivity contribution < 1.29 is 9.59 Å². The topological polar surface area (TPSA) is 101 Å². The minimum absolute atomic E-state index is 0.198. The van der Waals surface area contributed by atoms with E-state index in [-0.39, 0.29) is 17.5 Å². The molecule has 3 N–H and O–H groups in total. The zero-order valence-electron chi connectivity index (χ0n) is 18.1. The lowest BCUT2D eigenvalue weighted by atomic mass is 10.2. The quantitative estimate of drug-likeness (QED) is 0.449. The summed E-state index contributed by atoms with van der Waals surface area (Å²) in [5.41, 5.74) is 3.44. The number of allylic oxidation sites excluding steroid dienone is 2. The Morgan fingerprint density at radius 3 is 2.69 bits per heavy atom. The molecule has 9 heteroatoms. The molecule has 32 heavy (non-hydrogen) atoms. The van der Waals surface area contributed by atoms with E-state index in [9.17, 15) is 9.59 Å². The number of urea groups is 1. The molecule has 0 unspecified atom stereocenters. The maximum atomic E-state index is 12.8. The third-order valence-corrected chi connectivity index (χ3v) is 4.77. The van der Waals surface area contributed by atoms with E-state index in [0.29, 0.717) is 23.8 Å². The summed E-state index contributed by atoms with van der Waals surface area (Å²) in [6.45, 7) is 6.56. The second kappa shape index (κ2) is 10.6. The van der Waals surface area contributed by atoms with Crippen LogP contribution in [0.2, 0.25) is 5.02 Å². The molecule has 0 aliphatic rings. The number of anilines is 2. The van der Waals surface area contributed by atoms with Gasteiger partial charge in [-0.15, -0.1) is 0 Å². The van der Waals surface area contributed by atoms with Crippen LogP contribution >= 0.6 is 11.6 Å². The second-order valence-electron chi connectivity index (χ2n) is 7.47. The minimum Gasteiger partial charge on any atom is -0.345 e. The monoisotopic (exact) mass is 452 g/mol. The molecule has 0 aliphatic carbocycles. The number of hydrogen-bond donors (Lipinski definition) is 3. The summed E-state index contributed by atoms with van der Waals surface area (Å²) in [6, 6.07) is 8.39. The van der Waals surface area contributed by atoms with Crippen LogP contribution < -0.4 is 16.0 Å². The molecule has 3 amide bonds. The molecular weight excluding hydrogens is 428 g/mol.